The molecule has 7 nitrogen and oxygen atoms in total. The van der Waals surface area contributed by atoms with Gasteiger partial charge in [-0.15, -0.1) is 0 Å². The third kappa shape index (κ3) is 5.78. The summed E-state index contributed by atoms with van der Waals surface area (Å²) in [7, 11) is -2.90. The van der Waals surface area contributed by atoms with Crippen molar-refractivity contribution >= 4 is 22.0 Å². The van der Waals surface area contributed by atoms with E-state index in [9.17, 15) is 18.0 Å². The van der Waals surface area contributed by atoms with Gasteiger partial charge < -0.3 is 9.47 Å². The molecule has 28 heavy (non-hydrogen) atoms. The summed E-state index contributed by atoms with van der Waals surface area (Å²) < 4.78 is 37.9. The van der Waals surface area contributed by atoms with E-state index in [1.807, 2.05) is 0 Å². The van der Waals surface area contributed by atoms with Gasteiger partial charge in [0.15, 0.2) is 5.25 Å². The fourth-order valence-electron chi connectivity index (χ4n) is 2.97. The average Bonchev–Trinajstić information content (AvgIpc) is 2.52. The number of sulfonamides is 1. The normalized spacial score (nSPS) is 13.7. The third-order valence-corrected chi connectivity index (χ3v) is 6.36. The summed E-state index contributed by atoms with van der Waals surface area (Å²) in [6.45, 7) is 12.3. The molecule has 0 aliphatic heterocycles. The smallest absolute Gasteiger partial charge is 0.338 e. The summed E-state index contributed by atoms with van der Waals surface area (Å²) in [5.74, 6) is -1.40. The van der Waals surface area contributed by atoms with Crippen molar-refractivity contribution in [2.75, 3.05) is 7.11 Å². The quantitative estimate of drug-likeness (QED) is 0.637. The van der Waals surface area contributed by atoms with Gasteiger partial charge in [-0.05, 0) is 66.2 Å². The van der Waals surface area contributed by atoms with Crippen LogP contribution in [0.25, 0.3) is 0 Å². The van der Waals surface area contributed by atoms with Gasteiger partial charge >= 0.3 is 11.9 Å². The number of benzene rings is 1. The van der Waals surface area contributed by atoms with Crippen molar-refractivity contribution in [2.45, 2.75) is 71.4 Å². The minimum absolute atomic E-state index is 0.227. The van der Waals surface area contributed by atoms with E-state index in [1.54, 1.807) is 48.5 Å². The molecule has 8 heteroatoms. The highest BCUT2D eigenvalue weighted by molar-refractivity contribution is 7.90. The van der Waals surface area contributed by atoms with Crippen molar-refractivity contribution in [3.05, 3.63) is 35.4 Å². The number of hydrogen-bond donors (Lipinski definition) is 0. The van der Waals surface area contributed by atoms with E-state index in [-0.39, 0.29) is 23.2 Å². The molecular formula is C20H31NO6S. The molecule has 0 radical (unpaired) electrons. The first kappa shape index (κ1) is 24.1. The molecule has 0 fully saturated rings. The van der Waals surface area contributed by atoms with E-state index in [0.717, 1.165) is 7.11 Å². The fraction of sp³-hybridized carbons (Fsp3) is 0.600. The molecular weight excluding hydrogens is 382 g/mol. The Hall–Kier alpha value is -1.93. The van der Waals surface area contributed by atoms with E-state index in [1.165, 1.54) is 28.6 Å². The van der Waals surface area contributed by atoms with E-state index in [0.29, 0.717) is 0 Å². The molecule has 0 bridgehead atoms. The topological polar surface area (TPSA) is 90.0 Å². The molecule has 1 aromatic rings. The molecule has 0 aliphatic carbocycles. The lowest BCUT2D eigenvalue weighted by atomic mass is 10.1. The molecule has 1 atom stereocenters. The Balaban J connectivity index is 3.36. The number of carbonyl (C=O) groups excluding carboxylic acids is 2. The van der Waals surface area contributed by atoms with Gasteiger partial charge in [0.1, 0.15) is 5.60 Å². The van der Waals surface area contributed by atoms with Crippen LogP contribution in [0.1, 0.15) is 69.6 Å². The van der Waals surface area contributed by atoms with Crippen LogP contribution in [-0.2, 0) is 24.3 Å². The zero-order valence-corrected chi connectivity index (χ0v) is 18.7. The Bertz CT molecular complexity index is 783. The lowest BCUT2D eigenvalue weighted by Crippen LogP contribution is -2.46. The Kier molecular flexibility index (Phi) is 7.79. The van der Waals surface area contributed by atoms with Crippen molar-refractivity contribution in [3.63, 3.8) is 0 Å². The minimum Gasteiger partial charge on any atom is -0.468 e. The summed E-state index contributed by atoms with van der Waals surface area (Å²) in [4.78, 5) is 24.6. The number of esters is 2. The second kappa shape index (κ2) is 9.05. The third-order valence-electron chi connectivity index (χ3n) is 3.87. The number of hydrogen-bond acceptors (Lipinski definition) is 6. The highest BCUT2D eigenvalue weighted by Crippen LogP contribution is 2.30. The molecule has 158 valence electrons. The van der Waals surface area contributed by atoms with E-state index < -0.39 is 32.8 Å². The monoisotopic (exact) mass is 413 g/mol. The van der Waals surface area contributed by atoms with Gasteiger partial charge in [-0.3, -0.25) is 4.79 Å². The van der Waals surface area contributed by atoms with Gasteiger partial charge in [0.05, 0.1) is 12.7 Å². The van der Waals surface area contributed by atoms with E-state index in [2.05, 4.69) is 0 Å². The van der Waals surface area contributed by atoms with Crippen molar-refractivity contribution < 1.29 is 27.5 Å². The maximum Gasteiger partial charge on any atom is 0.338 e. The summed E-state index contributed by atoms with van der Waals surface area (Å²) in [6.07, 6.45) is 0. The lowest BCUT2D eigenvalue weighted by molar-refractivity contribution is -0.140. The van der Waals surface area contributed by atoms with Gasteiger partial charge in [-0.25, -0.2) is 13.2 Å². The Morgan fingerprint density at radius 1 is 0.964 bits per heavy atom. The summed E-state index contributed by atoms with van der Waals surface area (Å²) in [5.41, 5.74) is -0.155. The fourth-order valence-corrected chi connectivity index (χ4v) is 5.23. The second-order valence-electron chi connectivity index (χ2n) is 8.09. The SMILES string of the molecule is COC(=O)C(c1ccc(C(=O)OC(C)(C)C)cc1)S(=O)(=O)N(C(C)C)C(C)C. The van der Waals surface area contributed by atoms with Gasteiger partial charge in [-0.1, -0.05) is 12.1 Å². The highest BCUT2D eigenvalue weighted by atomic mass is 32.2. The van der Waals surface area contributed by atoms with Crippen LogP contribution in [0.15, 0.2) is 24.3 Å². The Morgan fingerprint density at radius 2 is 1.43 bits per heavy atom. The zero-order chi connectivity index (χ0) is 21.9. The maximum absolute atomic E-state index is 13.3. The molecule has 0 aromatic heterocycles. The largest absolute Gasteiger partial charge is 0.468 e. The van der Waals surface area contributed by atoms with Gasteiger partial charge in [0, 0.05) is 12.1 Å². The van der Waals surface area contributed by atoms with Gasteiger partial charge in [0.25, 0.3) is 0 Å². The van der Waals surface area contributed by atoms with Crippen LogP contribution in [0.4, 0.5) is 0 Å². The van der Waals surface area contributed by atoms with Crippen LogP contribution in [0.5, 0.6) is 0 Å². The predicted molar refractivity (Wildman–Crippen MR) is 107 cm³/mol. The Morgan fingerprint density at radius 3 is 1.79 bits per heavy atom. The van der Waals surface area contributed by atoms with Gasteiger partial charge in [0.2, 0.25) is 10.0 Å². The summed E-state index contributed by atoms with van der Waals surface area (Å²) in [6, 6.07) is 5.11. The van der Waals surface area contributed by atoms with Crippen molar-refractivity contribution in [1.29, 1.82) is 0 Å². The molecule has 0 spiro atoms. The number of rotatable bonds is 7. The molecule has 1 aromatic carbocycles. The summed E-state index contributed by atoms with van der Waals surface area (Å²) in [5, 5.41) is -1.52. The molecule has 0 saturated heterocycles. The molecule has 0 aliphatic rings. The van der Waals surface area contributed by atoms with Crippen molar-refractivity contribution in [2.24, 2.45) is 0 Å². The number of nitrogens with zero attached hydrogens (tertiary/aromatic N) is 1. The van der Waals surface area contributed by atoms with Crippen molar-refractivity contribution in [1.82, 2.24) is 4.31 Å². The van der Waals surface area contributed by atoms with Crippen LogP contribution in [0.2, 0.25) is 0 Å². The minimum atomic E-state index is -4.05. The first-order valence-electron chi connectivity index (χ1n) is 9.15. The molecule has 1 rings (SSSR count). The molecule has 1 unspecified atom stereocenters. The van der Waals surface area contributed by atoms with E-state index >= 15 is 0 Å². The predicted octanol–water partition coefficient (Wildman–Crippen LogP) is 3.30. The number of methoxy groups -OCH3 is 1. The van der Waals surface area contributed by atoms with Crippen LogP contribution < -0.4 is 0 Å². The standard InChI is InChI=1S/C20H31NO6S/c1-13(2)21(14(3)4)28(24,25)17(19(23)26-8)15-9-11-16(12-10-15)18(22)27-20(5,6)7/h9-14,17H,1-8H3. The maximum atomic E-state index is 13.3. The van der Waals surface area contributed by atoms with Crippen LogP contribution in [0, 0.1) is 0 Å². The first-order chi connectivity index (χ1) is 12.7. The highest BCUT2D eigenvalue weighted by Gasteiger charge is 2.42. The Labute approximate surface area is 168 Å². The van der Waals surface area contributed by atoms with Crippen LogP contribution >= 0.6 is 0 Å². The lowest BCUT2D eigenvalue weighted by Gasteiger charge is -2.32. The number of ether oxygens (including phenoxy) is 2. The van der Waals surface area contributed by atoms with Crippen LogP contribution in [0.3, 0.4) is 0 Å². The summed E-state index contributed by atoms with van der Waals surface area (Å²) >= 11 is 0. The number of carbonyl (C=O) groups is 2. The molecule has 0 N–H and O–H groups in total. The van der Waals surface area contributed by atoms with Gasteiger partial charge in [-0.2, -0.15) is 4.31 Å². The second-order valence-corrected chi connectivity index (χ2v) is 10.0. The first-order valence-corrected chi connectivity index (χ1v) is 10.7. The van der Waals surface area contributed by atoms with E-state index in [4.69, 9.17) is 9.47 Å². The van der Waals surface area contributed by atoms with Crippen LogP contribution in [-0.4, -0.2) is 49.5 Å². The molecule has 0 amide bonds. The van der Waals surface area contributed by atoms with Crippen molar-refractivity contribution in [3.8, 4) is 0 Å². The molecule has 0 heterocycles. The average molecular weight is 414 g/mol. The molecule has 0 saturated carbocycles. The zero-order valence-electron chi connectivity index (χ0n) is 17.8.